The average Bonchev–Trinajstić information content (AvgIpc) is 2.65. The van der Waals surface area contributed by atoms with Gasteiger partial charge in [-0.3, -0.25) is 14.5 Å². The van der Waals surface area contributed by atoms with Gasteiger partial charge in [-0.1, -0.05) is 30.3 Å². The van der Waals surface area contributed by atoms with Crippen molar-refractivity contribution >= 4 is 24.2 Å². The lowest BCUT2D eigenvalue weighted by Crippen LogP contribution is -2.44. The van der Waals surface area contributed by atoms with Gasteiger partial charge in [-0.05, 0) is 57.4 Å². The molecule has 2 amide bonds. The Kier molecular flexibility index (Phi) is 11.0. The molecule has 0 aliphatic carbocycles. The molecule has 2 rings (SSSR count). The normalized spacial score (nSPS) is 15.1. The van der Waals surface area contributed by atoms with Gasteiger partial charge in [0.15, 0.2) is 0 Å². The summed E-state index contributed by atoms with van der Waals surface area (Å²) in [6.45, 7) is 4.31. The molecule has 1 heterocycles. The van der Waals surface area contributed by atoms with E-state index in [2.05, 4.69) is 10.2 Å². The second kappa shape index (κ2) is 12.7. The highest BCUT2D eigenvalue weighted by atomic mass is 35.5. The number of amides is 2. The molecule has 3 N–H and O–H groups in total. The molecule has 152 valence electrons. The van der Waals surface area contributed by atoms with Crippen molar-refractivity contribution in [3.63, 3.8) is 0 Å². The topological polar surface area (TPSA) is 78.7 Å². The van der Waals surface area contributed by atoms with E-state index in [1.165, 1.54) is 6.42 Å². The summed E-state index contributed by atoms with van der Waals surface area (Å²) >= 11 is 0. The summed E-state index contributed by atoms with van der Waals surface area (Å²) in [5, 5.41) is 3.21. The molecule has 27 heavy (non-hydrogen) atoms. The van der Waals surface area contributed by atoms with Crippen molar-refractivity contribution in [2.24, 2.45) is 11.7 Å². The first-order valence-electron chi connectivity index (χ1n) is 9.55. The van der Waals surface area contributed by atoms with Crippen LogP contribution in [-0.2, 0) is 16.1 Å². The molecule has 1 aliphatic heterocycles. The number of hydrogen-bond donors (Lipinski definition) is 2. The first-order chi connectivity index (χ1) is 12.6. The summed E-state index contributed by atoms with van der Waals surface area (Å²) in [6, 6.07) is 9.87. The van der Waals surface area contributed by atoms with E-state index < -0.39 is 0 Å². The maximum Gasteiger partial charge on any atom is 0.237 e. The van der Waals surface area contributed by atoms with Gasteiger partial charge in [0.05, 0.1) is 6.54 Å². The number of likely N-dealkylation sites (tertiary alicyclic amines) is 1. The van der Waals surface area contributed by atoms with Gasteiger partial charge < -0.3 is 16.0 Å². The van der Waals surface area contributed by atoms with Gasteiger partial charge in [-0.25, -0.2) is 0 Å². The monoisotopic (exact) mass is 396 g/mol. The molecule has 0 atom stereocenters. The van der Waals surface area contributed by atoms with E-state index in [9.17, 15) is 9.59 Å². The van der Waals surface area contributed by atoms with E-state index in [0.29, 0.717) is 19.6 Å². The molecule has 1 saturated heterocycles. The number of rotatable bonds is 10. The van der Waals surface area contributed by atoms with Gasteiger partial charge in [0.1, 0.15) is 0 Å². The molecule has 6 nitrogen and oxygen atoms in total. The van der Waals surface area contributed by atoms with Crippen molar-refractivity contribution in [2.75, 3.05) is 39.8 Å². The van der Waals surface area contributed by atoms with Crippen LogP contribution in [0.15, 0.2) is 30.3 Å². The standard InChI is InChI=1S/C20H32N4O2.ClH/c1-22-11-7-17-8-12-23(13-9-17)16-20(26)24(14-10-19(21)25)15-18-5-3-2-4-6-18;/h2-6,17,22H,7-16H2,1H3,(H2,21,25);1H. The summed E-state index contributed by atoms with van der Waals surface area (Å²) in [4.78, 5) is 28.0. The van der Waals surface area contributed by atoms with Crippen LogP contribution in [0.5, 0.6) is 0 Å². The maximum absolute atomic E-state index is 12.8. The van der Waals surface area contributed by atoms with Crippen molar-refractivity contribution in [3.05, 3.63) is 35.9 Å². The number of piperidine rings is 1. The molecule has 0 aromatic heterocycles. The Hall–Kier alpha value is -1.63. The molecule has 1 aliphatic rings. The highest BCUT2D eigenvalue weighted by molar-refractivity contribution is 5.85. The van der Waals surface area contributed by atoms with Crippen molar-refractivity contribution in [2.45, 2.75) is 32.2 Å². The Morgan fingerprint density at radius 3 is 2.48 bits per heavy atom. The summed E-state index contributed by atoms with van der Waals surface area (Å²) in [6.07, 6.45) is 3.70. The Balaban J connectivity index is 0.00000364. The number of carbonyl (C=O) groups is 2. The third-order valence-electron chi connectivity index (χ3n) is 5.07. The number of carbonyl (C=O) groups excluding carboxylic acids is 2. The Bertz CT molecular complexity index is 562. The Morgan fingerprint density at radius 2 is 1.89 bits per heavy atom. The third-order valence-corrected chi connectivity index (χ3v) is 5.07. The number of halogens is 1. The highest BCUT2D eigenvalue weighted by Gasteiger charge is 2.23. The van der Waals surface area contributed by atoms with Crippen LogP contribution in [0.3, 0.4) is 0 Å². The number of nitrogens with one attached hydrogen (secondary N) is 1. The van der Waals surface area contributed by atoms with Gasteiger partial charge in [0.2, 0.25) is 11.8 Å². The molecule has 0 radical (unpaired) electrons. The highest BCUT2D eigenvalue weighted by Crippen LogP contribution is 2.20. The fraction of sp³-hybridized carbons (Fsp3) is 0.600. The SMILES string of the molecule is CNCCC1CCN(CC(=O)N(CCC(N)=O)Cc2ccccc2)CC1.Cl. The quantitative estimate of drug-likeness (QED) is 0.630. The van der Waals surface area contributed by atoms with Gasteiger partial charge >= 0.3 is 0 Å². The molecular weight excluding hydrogens is 364 g/mol. The average molecular weight is 397 g/mol. The summed E-state index contributed by atoms with van der Waals surface area (Å²) in [7, 11) is 1.99. The fourth-order valence-corrected chi connectivity index (χ4v) is 3.41. The third kappa shape index (κ3) is 8.73. The van der Waals surface area contributed by atoms with Crippen LogP contribution in [0.25, 0.3) is 0 Å². The zero-order chi connectivity index (χ0) is 18.8. The van der Waals surface area contributed by atoms with Crippen molar-refractivity contribution in [3.8, 4) is 0 Å². The lowest BCUT2D eigenvalue weighted by atomic mass is 9.93. The number of primary amides is 1. The molecule has 1 aromatic carbocycles. The molecular formula is C20H33ClN4O2. The van der Waals surface area contributed by atoms with Crippen LogP contribution in [0.4, 0.5) is 0 Å². The van der Waals surface area contributed by atoms with Crippen LogP contribution >= 0.6 is 12.4 Å². The summed E-state index contributed by atoms with van der Waals surface area (Å²) in [5.41, 5.74) is 6.35. The predicted molar refractivity (Wildman–Crippen MR) is 111 cm³/mol. The molecule has 1 aromatic rings. The van der Waals surface area contributed by atoms with Crippen LogP contribution < -0.4 is 11.1 Å². The van der Waals surface area contributed by atoms with Crippen LogP contribution in [-0.4, -0.2) is 61.4 Å². The van der Waals surface area contributed by atoms with E-state index in [1.54, 1.807) is 4.90 Å². The van der Waals surface area contributed by atoms with Gasteiger partial charge in [0, 0.05) is 19.5 Å². The van der Waals surface area contributed by atoms with Crippen molar-refractivity contribution in [1.82, 2.24) is 15.1 Å². The second-order valence-corrected chi connectivity index (χ2v) is 7.13. The summed E-state index contributed by atoms with van der Waals surface area (Å²) in [5.74, 6) is 0.453. The minimum Gasteiger partial charge on any atom is -0.370 e. The van der Waals surface area contributed by atoms with Gasteiger partial charge in [0.25, 0.3) is 0 Å². The van der Waals surface area contributed by atoms with E-state index in [1.807, 2.05) is 37.4 Å². The smallest absolute Gasteiger partial charge is 0.237 e. The predicted octanol–water partition coefficient (Wildman–Crippen LogP) is 1.63. The molecule has 0 spiro atoms. The van der Waals surface area contributed by atoms with E-state index >= 15 is 0 Å². The largest absolute Gasteiger partial charge is 0.370 e. The Morgan fingerprint density at radius 1 is 1.22 bits per heavy atom. The second-order valence-electron chi connectivity index (χ2n) is 7.13. The zero-order valence-electron chi connectivity index (χ0n) is 16.2. The number of benzene rings is 1. The molecule has 1 fully saturated rings. The molecule has 0 saturated carbocycles. The summed E-state index contributed by atoms with van der Waals surface area (Å²) < 4.78 is 0. The number of hydrogen-bond acceptors (Lipinski definition) is 4. The van der Waals surface area contributed by atoms with E-state index in [4.69, 9.17) is 5.73 Å². The first kappa shape index (κ1) is 23.4. The van der Waals surface area contributed by atoms with Crippen LogP contribution in [0.1, 0.15) is 31.2 Å². The lowest BCUT2D eigenvalue weighted by molar-refractivity contribution is -0.133. The molecule has 7 heteroatoms. The minimum atomic E-state index is -0.374. The minimum absolute atomic E-state index is 0. The molecule has 0 unspecified atom stereocenters. The van der Waals surface area contributed by atoms with Crippen molar-refractivity contribution < 1.29 is 9.59 Å². The number of nitrogens with two attached hydrogens (primary N) is 1. The van der Waals surface area contributed by atoms with Crippen LogP contribution in [0.2, 0.25) is 0 Å². The number of nitrogens with zero attached hydrogens (tertiary/aromatic N) is 2. The van der Waals surface area contributed by atoms with Gasteiger partial charge in [-0.15, -0.1) is 12.4 Å². The van der Waals surface area contributed by atoms with Gasteiger partial charge in [-0.2, -0.15) is 0 Å². The Labute approximate surface area is 168 Å². The first-order valence-corrected chi connectivity index (χ1v) is 9.55. The maximum atomic E-state index is 12.8. The molecule has 0 bridgehead atoms. The van der Waals surface area contributed by atoms with E-state index in [0.717, 1.165) is 44.0 Å². The van der Waals surface area contributed by atoms with Crippen molar-refractivity contribution in [1.29, 1.82) is 0 Å². The van der Waals surface area contributed by atoms with Crippen LogP contribution in [0, 0.1) is 5.92 Å². The fourth-order valence-electron chi connectivity index (χ4n) is 3.41. The van der Waals surface area contributed by atoms with E-state index in [-0.39, 0.29) is 30.6 Å². The zero-order valence-corrected chi connectivity index (χ0v) is 17.0. The lowest BCUT2D eigenvalue weighted by Gasteiger charge is -2.33.